The molecule has 0 unspecified atom stereocenters. The Balaban J connectivity index is 2.19. The normalized spacial score (nSPS) is 16.2. The SMILES string of the molecule is Cc1csc(C(=O)N(CCO)C2CCCC2)c1Cl. The van der Waals surface area contributed by atoms with E-state index in [1.807, 2.05) is 12.3 Å². The number of hydrogen-bond donors (Lipinski definition) is 1. The fourth-order valence-corrected chi connectivity index (χ4v) is 3.71. The second-order valence-corrected chi connectivity index (χ2v) is 5.98. The predicted octanol–water partition coefficient (Wildman–Crippen LogP) is 3.09. The molecule has 1 aliphatic carbocycles. The maximum absolute atomic E-state index is 12.5. The molecule has 1 amide bonds. The zero-order valence-electron chi connectivity index (χ0n) is 10.5. The molecule has 100 valence electrons. The second kappa shape index (κ2) is 6.04. The first-order chi connectivity index (χ1) is 8.65. The van der Waals surface area contributed by atoms with Gasteiger partial charge in [0.25, 0.3) is 5.91 Å². The van der Waals surface area contributed by atoms with Crippen LogP contribution in [0.2, 0.25) is 5.02 Å². The molecule has 1 heterocycles. The van der Waals surface area contributed by atoms with Crippen LogP contribution in [0, 0.1) is 6.92 Å². The molecule has 1 saturated carbocycles. The summed E-state index contributed by atoms with van der Waals surface area (Å²) in [6.45, 7) is 2.31. The van der Waals surface area contributed by atoms with Gasteiger partial charge in [0.05, 0.1) is 11.6 Å². The molecule has 0 aromatic carbocycles. The van der Waals surface area contributed by atoms with E-state index in [0.29, 0.717) is 16.4 Å². The van der Waals surface area contributed by atoms with E-state index in [-0.39, 0.29) is 18.6 Å². The first kappa shape index (κ1) is 13.8. The van der Waals surface area contributed by atoms with Gasteiger partial charge in [-0.05, 0) is 30.7 Å². The summed E-state index contributed by atoms with van der Waals surface area (Å²) in [6.07, 6.45) is 4.40. The topological polar surface area (TPSA) is 40.5 Å². The first-order valence-electron chi connectivity index (χ1n) is 6.30. The molecule has 0 aliphatic heterocycles. The molecule has 1 aromatic rings. The van der Waals surface area contributed by atoms with Crippen molar-refractivity contribution < 1.29 is 9.90 Å². The average Bonchev–Trinajstić information content (AvgIpc) is 2.98. The Morgan fingerprint density at radius 3 is 2.72 bits per heavy atom. The van der Waals surface area contributed by atoms with Crippen molar-refractivity contribution in [2.45, 2.75) is 38.6 Å². The van der Waals surface area contributed by atoms with Crippen molar-refractivity contribution in [2.24, 2.45) is 0 Å². The largest absolute Gasteiger partial charge is 0.395 e. The maximum atomic E-state index is 12.5. The minimum Gasteiger partial charge on any atom is -0.395 e. The van der Waals surface area contributed by atoms with Crippen LogP contribution < -0.4 is 0 Å². The van der Waals surface area contributed by atoms with Crippen LogP contribution in [0.3, 0.4) is 0 Å². The van der Waals surface area contributed by atoms with Crippen molar-refractivity contribution in [3.8, 4) is 0 Å². The Morgan fingerprint density at radius 2 is 2.22 bits per heavy atom. The Kier molecular flexibility index (Phi) is 4.65. The molecule has 18 heavy (non-hydrogen) atoms. The van der Waals surface area contributed by atoms with E-state index in [1.54, 1.807) is 4.90 Å². The van der Waals surface area contributed by atoms with Gasteiger partial charge in [-0.25, -0.2) is 0 Å². The summed E-state index contributed by atoms with van der Waals surface area (Å²) < 4.78 is 0. The summed E-state index contributed by atoms with van der Waals surface area (Å²) >= 11 is 7.55. The number of aliphatic hydroxyl groups excluding tert-OH is 1. The van der Waals surface area contributed by atoms with Gasteiger partial charge in [-0.1, -0.05) is 24.4 Å². The quantitative estimate of drug-likeness (QED) is 0.924. The lowest BCUT2D eigenvalue weighted by Gasteiger charge is -2.28. The van der Waals surface area contributed by atoms with Gasteiger partial charge in [0.1, 0.15) is 4.88 Å². The lowest BCUT2D eigenvalue weighted by molar-refractivity contribution is 0.0643. The van der Waals surface area contributed by atoms with Crippen LogP contribution in [-0.2, 0) is 0 Å². The minimum atomic E-state index is -0.0287. The highest BCUT2D eigenvalue weighted by molar-refractivity contribution is 7.13. The van der Waals surface area contributed by atoms with E-state index in [0.717, 1.165) is 31.2 Å². The highest BCUT2D eigenvalue weighted by Gasteiger charge is 2.29. The number of carbonyl (C=O) groups is 1. The summed E-state index contributed by atoms with van der Waals surface area (Å²) in [5.41, 5.74) is 0.945. The van der Waals surface area contributed by atoms with E-state index in [2.05, 4.69) is 0 Å². The van der Waals surface area contributed by atoms with Gasteiger partial charge in [0.15, 0.2) is 0 Å². The Morgan fingerprint density at radius 1 is 1.56 bits per heavy atom. The van der Waals surface area contributed by atoms with Crippen molar-refractivity contribution >= 4 is 28.8 Å². The molecule has 3 nitrogen and oxygen atoms in total. The van der Waals surface area contributed by atoms with Crippen LogP contribution in [0.4, 0.5) is 0 Å². The molecular formula is C13H18ClNO2S. The fraction of sp³-hybridized carbons (Fsp3) is 0.615. The van der Waals surface area contributed by atoms with Crippen molar-refractivity contribution in [3.05, 3.63) is 20.8 Å². The molecule has 0 bridgehead atoms. The molecule has 1 fully saturated rings. The van der Waals surface area contributed by atoms with E-state index < -0.39 is 0 Å². The van der Waals surface area contributed by atoms with Crippen LogP contribution in [0.1, 0.15) is 40.9 Å². The zero-order chi connectivity index (χ0) is 13.1. The summed E-state index contributed by atoms with van der Waals surface area (Å²) in [5.74, 6) is -0.0287. The molecule has 0 spiro atoms. The van der Waals surface area contributed by atoms with Crippen molar-refractivity contribution in [1.82, 2.24) is 4.90 Å². The smallest absolute Gasteiger partial charge is 0.265 e. The average molecular weight is 288 g/mol. The summed E-state index contributed by atoms with van der Waals surface area (Å²) in [7, 11) is 0. The third kappa shape index (κ3) is 2.71. The standard InChI is InChI=1S/C13H18ClNO2S/c1-9-8-18-12(11(9)14)13(17)15(6-7-16)10-4-2-3-5-10/h8,10,16H,2-7H2,1H3. The second-order valence-electron chi connectivity index (χ2n) is 4.72. The first-order valence-corrected chi connectivity index (χ1v) is 7.56. The van der Waals surface area contributed by atoms with Gasteiger partial charge in [-0.2, -0.15) is 0 Å². The van der Waals surface area contributed by atoms with Gasteiger partial charge in [0, 0.05) is 12.6 Å². The van der Waals surface area contributed by atoms with E-state index in [9.17, 15) is 4.79 Å². The summed E-state index contributed by atoms with van der Waals surface area (Å²) in [4.78, 5) is 14.9. The third-order valence-corrected chi connectivity index (χ3v) is 5.15. The molecule has 5 heteroatoms. The fourth-order valence-electron chi connectivity index (χ4n) is 2.48. The van der Waals surface area contributed by atoms with E-state index in [4.69, 9.17) is 16.7 Å². The van der Waals surface area contributed by atoms with Gasteiger partial charge in [0.2, 0.25) is 0 Å². The van der Waals surface area contributed by atoms with Gasteiger partial charge in [-0.15, -0.1) is 11.3 Å². The highest BCUT2D eigenvalue weighted by Crippen LogP contribution is 2.31. The van der Waals surface area contributed by atoms with Crippen molar-refractivity contribution in [1.29, 1.82) is 0 Å². The van der Waals surface area contributed by atoms with Crippen LogP contribution in [-0.4, -0.2) is 35.1 Å². The lowest BCUT2D eigenvalue weighted by Crippen LogP contribution is -2.40. The number of nitrogens with zero attached hydrogens (tertiary/aromatic N) is 1. The number of amides is 1. The molecule has 0 saturated heterocycles. The monoisotopic (exact) mass is 287 g/mol. The Labute approximate surface area is 116 Å². The number of aliphatic hydroxyl groups is 1. The van der Waals surface area contributed by atoms with Crippen LogP contribution in [0.5, 0.6) is 0 Å². The zero-order valence-corrected chi connectivity index (χ0v) is 12.1. The number of rotatable bonds is 4. The van der Waals surface area contributed by atoms with E-state index >= 15 is 0 Å². The van der Waals surface area contributed by atoms with Gasteiger partial charge >= 0.3 is 0 Å². The lowest BCUT2D eigenvalue weighted by atomic mass is 10.2. The number of thiophene rings is 1. The van der Waals surface area contributed by atoms with Gasteiger partial charge in [-0.3, -0.25) is 4.79 Å². The van der Waals surface area contributed by atoms with E-state index in [1.165, 1.54) is 11.3 Å². The number of halogens is 1. The number of carbonyl (C=O) groups excluding carboxylic acids is 1. The number of aryl methyl sites for hydroxylation is 1. The molecule has 1 N–H and O–H groups in total. The van der Waals surface area contributed by atoms with Crippen LogP contribution in [0.15, 0.2) is 5.38 Å². The number of hydrogen-bond acceptors (Lipinski definition) is 3. The maximum Gasteiger partial charge on any atom is 0.265 e. The Bertz CT molecular complexity index is 427. The molecule has 0 radical (unpaired) electrons. The molecule has 1 aromatic heterocycles. The van der Waals surface area contributed by atoms with Gasteiger partial charge < -0.3 is 10.0 Å². The Hall–Kier alpha value is -0.580. The van der Waals surface area contributed by atoms with Crippen molar-refractivity contribution in [3.63, 3.8) is 0 Å². The molecular weight excluding hydrogens is 270 g/mol. The predicted molar refractivity (Wildman–Crippen MR) is 74.4 cm³/mol. The summed E-state index contributed by atoms with van der Waals surface area (Å²) in [6, 6.07) is 0.267. The third-order valence-electron chi connectivity index (χ3n) is 3.46. The minimum absolute atomic E-state index is 0.00418. The molecule has 1 aliphatic rings. The van der Waals surface area contributed by atoms with Crippen LogP contribution >= 0.6 is 22.9 Å². The van der Waals surface area contributed by atoms with Crippen molar-refractivity contribution in [2.75, 3.05) is 13.2 Å². The summed E-state index contributed by atoms with van der Waals surface area (Å²) in [5, 5.41) is 11.6. The highest BCUT2D eigenvalue weighted by atomic mass is 35.5. The van der Waals surface area contributed by atoms with Crippen LogP contribution in [0.25, 0.3) is 0 Å². The molecule has 2 rings (SSSR count). The molecule has 0 atom stereocenters.